The Kier molecular flexibility index (Phi) is 6.32. The van der Waals surface area contributed by atoms with Crippen molar-refractivity contribution in [1.29, 1.82) is 0 Å². The topological polar surface area (TPSA) is 67.6 Å². The van der Waals surface area contributed by atoms with Crippen molar-refractivity contribution in [3.63, 3.8) is 0 Å². The van der Waals surface area contributed by atoms with Crippen LogP contribution in [0.1, 0.15) is 54.6 Å². The van der Waals surface area contributed by atoms with Crippen LogP contribution < -0.4 is 10.1 Å². The van der Waals surface area contributed by atoms with E-state index in [1.54, 1.807) is 0 Å². The van der Waals surface area contributed by atoms with Crippen LogP contribution in [0.3, 0.4) is 0 Å². The first kappa shape index (κ1) is 21.4. The number of ether oxygens (including phenoxy) is 1. The monoisotopic (exact) mass is 399 g/mol. The molecule has 6 heteroatoms. The number of carbonyl (C=O) groups excluding carboxylic acids is 1. The van der Waals surface area contributed by atoms with Gasteiger partial charge in [0.1, 0.15) is 18.1 Å². The number of aromatic nitrogens is 1. The van der Waals surface area contributed by atoms with Gasteiger partial charge in [0.25, 0.3) is 5.91 Å². The number of likely N-dealkylation sites (N-methyl/N-ethyl adjacent to an activating group) is 1. The van der Waals surface area contributed by atoms with Crippen LogP contribution in [0.4, 0.5) is 5.69 Å². The third-order valence-electron chi connectivity index (χ3n) is 5.66. The van der Waals surface area contributed by atoms with E-state index < -0.39 is 0 Å². The molecule has 6 nitrogen and oxygen atoms in total. The van der Waals surface area contributed by atoms with E-state index >= 15 is 0 Å². The summed E-state index contributed by atoms with van der Waals surface area (Å²) in [5, 5.41) is 7.11. The van der Waals surface area contributed by atoms with Gasteiger partial charge in [-0.05, 0) is 62.9 Å². The predicted molar refractivity (Wildman–Crippen MR) is 115 cm³/mol. The quantitative estimate of drug-likeness (QED) is 0.783. The molecule has 1 atom stereocenters. The molecular weight excluding hydrogens is 366 g/mol. The van der Waals surface area contributed by atoms with Gasteiger partial charge >= 0.3 is 0 Å². The predicted octanol–water partition coefficient (Wildman–Crippen LogP) is 4.33. The van der Waals surface area contributed by atoms with Crippen LogP contribution in [-0.4, -0.2) is 43.2 Å². The van der Waals surface area contributed by atoms with Gasteiger partial charge in [0, 0.05) is 18.5 Å². The lowest BCUT2D eigenvalue weighted by atomic mass is 9.71. The Balaban J connectivity index is 1.78. The molecule has 2 aromatic rings. The molecular formula is C23H33N3O3. The fourth-order valence-electron chi connectivity index (χ4n) is 3.71. The summed E-state index contributed by atoms with van der Waals surface area (Å²) >= 11 is 0. The summed E-state index contributed by atoms with van der Waals surface area (Å²) in [5.74, 6) is 1.77. The summed E-state index contributed by atoms with van der Waals surface area (Å²) in [7, 11) is 4.00. The van der Waals surface area contributed by atoms with E-state index in [2.05, 4.69) is 36.1 Å². The van der Waals surface area contributed by atoms with Crippen molar-refractivity contribution in [2.24, 2.45) is 11.3 Å². The van der Waals surface area contributed by atoms with E-state index in [-0.39, 0.29) is 11.3 Å². The normalized spacial score (nSPS) is 16.6. The van der Waals surface area contributed by atoms with Gasteiger partial charge in [0.2, 0.25) is 0 Å². The van der Waals surface area contributed by atoms with Crippen LogP contribution >= 0.6 is 0 Å². The van der Waals surface area contributed by atoms with E-state index in [4.69, 9.17) is 9.26 Å². The van der Waals surface area contributed by atoms with E-state index in [1.165, 1.54) is 0 Å². The highest BCUT2D eigenvalue weighted by atomic mass is 16.5. The van der Waals surface area contributed by atoms with Gasteiger partial charge in [-0.3, -0.25) is 4.79 Å². The standard InChI is InChI=1S/C23H33N3O3/c1-15-7-9-20(28-12-11-26(5)6)18(13-15)24-22(27)21-17-14-16(23(2,3)4)8-10-19(17)29-25-21/h7,9,13,16H,8,10-12,14H2,1-6H3,(H,24,27)/t16-/m1/s1. The highest BCUT2D eigenvalue weighted by Crippen LogP contribution is 2.38. The number of benzene rings is 1. The summed E-state index contributed by atoms with van der Waals surface area (Å²) in [5.41, 5.74) is 3.25. The van der Waals surface area contributed by atoms with Gasteiger partial charge in [0.05, 0.1) is 5.69 Å². The molecule has 0 saturated heterocycles. The Hall–Kier alpha value is -2.34. The molecule has 1 amide bonds. The lowest BCUT2D eigenvalue weighted by molar-refractivity contribution is 0.101. The van der Waals surface area contributed by atoms with Gasteiger partial charge in [-0.25, -0.2) is 0 Å². The molecule has 1 heterocycles. The van der Waals surface area contributed by atoms with Gasteiger partial charge in [-0.15, -0.1) is 0 Å². The second-order valence-electron chi connectivity index (χ2n) is 9.34. The number of fused-ring (bicyclic) bond motifs is 1. The number of hydrogen-bond donors (Lipinski definition) is 1. The molecule has 29 heavy (non-hydrogen) atoms. The lowest BCUT2D eigenvalue weighted by Crippen LogP contribution is -2.27. The Labute approximate surface area is 173 Å². The molecule has 0 bridgehead atoms. The molecule has 0 fully saturated rings. The summed E-state index contributed by atoms with van der Waals surface area (Å²) in [6, 6.07) is 5.80. The average Bonchev–Trinajstić information content (AvgIpc) is 3.06. The molecule has 158 valence electrons. The second kappa shape index (κ2) is 8.57. The summed E-state index contributed by atoms with van der Waals surface area (Å²) in [4.78, 5) is 15.1. The Bertz CT molecular complexity index is 865. The van der Waals surface area contributed by atoms with Crippen molar-refractivity contribution in [2.45, 2.75) is 47.0 Å². The minimum atomic E-state index is -0.243. The van der Waals surface area contributed by atoms with Crippen LogP contribution in [-0.2, 0) is 12.8 Å². The first-order chi connectivity index (χ1) is 13.6. The van der Waals surface area contributed by atoms with E-state index in [1.807, 2.05) is 39.2 Å². The number of anilines is 1. The molecule has 1 aliphatic carbocycles. The molecule has 1 N–H and O–H groups in total. The van der Waals surface area contributed by atoms with E-state index in [0.29, 0.717) is 29.7 Å². The fraction of sp³-hybridized carbons (Fsp3) is 0.565. The maximum Gasteiger partial charge on any atom is 0.278 e. The van der Waals surface area contributed by atoms with Gasteiger partial charge in [-0.2, -0.15) is 0 Å². The molecule has 0 spiro atoms. The molecule has 3 rings (SSSR count). The van der Waals surface area contributed by atoms with Gasteiger partial charge in [-0.1, -0.05) is 32.0 Å². The number of rotatable bonds is 6. The number of nitrogens with one attached hydrogen (secondary N) is 1. The maximum atomic E-state index is 13.1. The fourth-order valence-corrected chi connectivity index (χ4v) is 3.71. The van der Waals surface area contributed by atoms with Gasteiger partial charge < -0.3 is 19.5 Å². The van der Waals surface area contributed by atoms with Crippen molar-refractivity contribution < 1.29 is 14.1 Å². The number of hydrogen-bond acceptors (Lipinski definition) is 5. The first-order valence-electron chi connectivity index (χ1n) is 10.3. The van der Waals surface area contributed by atoms with Gasteiger partial charge in [0.15, 0.2) is 5.69 Å². The summed E-state index contributed by atoms with van der Waals surface area (Å²) in [6.45, 7) is 10.1. The van der Waals surface area contributed by atoms with Crippen LogP contribution in [0.2, 0.25) is 0 Å². The van der Waals surface area contributed by atoms with E-state index in [0.717, 1.165) is 42.7 Å². The zero-order valence-electron chi connectivity index (χ0n) is 18.5. The van der Waals surface area contributed by atoms with Crippen LogP contribution in [0.15, 0.2) is 22.7 Å². The van der Waals surface area contributed by atoms with E-state index in [9.17, 15) is 4.79 Å². The number of amides is 1. The zero-order chi connectivity index (χ0) is 21.2. The lowest BCUT2D eigenvalue weighted by Gasteiger charge is -2.33. The van der Waals surface area contributed by atoms with Crippen LogP contribution in [0.25, 0.3) is 0 Å². The third-order valence-corrected chi connectivity index (χ3v) is 5.66. The highest BCUT2D eigenvalue weighted by molar-refractivity contribution is 6.04. The maximum absolute atomic E-state index is 13.1. The Morgan fingerprint density at radius 1 is 1.34 bits per heavy atom. The first-order valence-corrected chi connectivity index (χ1v) is 10.3. The molecule has 0 saturated carbocycles. The smallest absolute Gasteiger partial charge is 0.278 e. The minimum absolute atomic E-state index is 0.187. The Morgan fingerprint density at radius 3 is 2.79 bits per heavy atom. The average molecular weight is 400 g/mol. The molecule has 1 aromatic heterocycles. The molecule has 0 unspecified atom stereocenters. The third kappa shape index (κ3) is 5.18. The number of aryl methyl sites for hydroxylation is 2. The van der Waals surface area contributed by atoms with Crippen molar-refractivity contribution in [3.05, 3.63) is 40.8 Å². The zero-order valence-corrected chi connectivity index (χ0v) is 18.5. The number of carbonyl (C=O) groups is 1. The highest BCUT2D eigenvalue weighted by Gasteiger charge is 2.34. The molecule has 0 aliphatic heterocycles. The SMILES string of the molecule is Cc1ccc(OCCN(C)C)c(NC(=O)c2noc3c2C[C@H](C(C)(C)C)CC3)c1. The second-order valence-corrected chi connectivity index (χ2v) is 9.34. The Morgan fingerprint density at radius 2 is 2.10 bits per heavy atom. The number of nitrogens with zero attached hydrogens (tertiary/aromatic N) is 2. The minimum Gasteiger partial charge on any atom is -0.490 e. The van der Waals surface area contributed by atoms with Crippen LogP contribution in [0, 0.1) is 18.3 Å². The summed E-state index contributed by atoms with van der Waals surface area (Å²) in [6.07, 6.45) is 2.72. The van der Waals surface area contributed by atoms with Crippen molar-refractivity contribution in [2.75, 3.05) is 32.6 Å². The summed E-state index contributed by atoms with van der Waals surface area (Å²) < 4.78 is 11.4. The largest absolute Gasteiger partial charge is 0.490 e. The molecule has 1 aromatic carbocycles. The van der Waals surface area contributed by atoms with Crippen molar-refractivity contribution >= 4 is 11.6 Å². The molecule has 0 radical (unpaired) electrons. The van der Waals surface area contributed by atoms with Crippen molar-refractivity contribution in [3.8, 4) is 5.75 Å². The molecule has 1 aliphatic rings. The van der Waals surface area contributed by atoms with Crippen molar-refractivity contribution in [1.82, 2.24) is 10.1 Å². The van der Waals surface area contributed by atoms with Crippen LogP contribution in [0.5, 0.6) is 5.75 Å².